The lowest BCUT2D eigenvalue weighted by atomic mass is 10.1. The summed E-state index contributed by atoms with van der Waals surface area (Å²) >= 11 is 0. The first-order valence-corrected chi connectivity index (χ1v) is 6.96. The van der Waals surface area contributed by atoms with Crippen LogP contribution < -0.4 is 0 Å². The summed E-state index contributed by atoms with van der Waals surface area (Å²) in [4.78, 5) is 15.7. The number of carbonyl (C=O) groups excluding carboxylic acids is 1. The second-order valence-corrected chi connectivity index (χ2v) is 5.48. The fourth-order valence-corrected chi connectivity index (χ4v) is 3.31. The maximum Gasteiger partial charge on any atom is 0.219 e. The van der Waals surface area contributed by atoms with E-state index in [1.807, 2.05) is 11.0 Å². The topological polar surface area (TPSA) is 43.8 Å². The number of fused-ring (bicyclic) bond motifs is 1. The number of phenolic OH excluding ortho intramolecular Hbond substituents is 1. The van der Waals surface area contributed by atoms with E-state index in [0.29, 0.717) is 11.8 Å². The minimum absolute atomic E-state index is 0.177. The molecule has 1 aliphatic heterocycles. The molecular formula is C15H20N2O2. The lowest BCUT2D eigenvalue weighted by molar-refractivity contribution is -0.130. The van der Waals surface area contributed by atoms with Crippen molar-refractivity contribution in [1.29, 1.82) is 0 Å². The maximum absolute atomic E-state index is 11.3. The van der Waals surface area contributed by atoms with Crippen LogP contribution in [0.2, 0.25) is 0 Å². The average molecular weight is 260 g/mol. The number of hydrogen-bond acceptors (Lipinski definition) is 3. The Kier molecular flexibility index (Phi) is 3.19. The smallest absolute Gasteiger partial charge is 0.219 e. The fourth-order valence-electron chi connectivity index (χ4n) is 3.31. The van der Waals surface area contributed by atoms with E-state index in [1.54, 1.807) is 13.0 Å². The van der Waals surface area contributed by atoms with E-state index in [0.717, 1.165) is 39.0 Å². The SMILES string of the molecule is CC(=O)N1CCN(C2CCc3cc(O)ccc32)CC1. The Bertz CT molecular complexity index is 493. The van der Waals surface area contributed by atoms with Crippen molar-refractivity contribution in [2.75, 3.05) is 26.2 Å². The van der Waals surface area contributed by atoms with Gasteiger partial charge in [-0.25, -0.2) is 0 Å². The minimum Gasteiger partial charge on any atom is -0.508 e. The molecule has 0 bridgehead atoms. The van der Waals surface area contributed by atoms with E-state index in [2.05, 4.69) is 11.0 Å². The third-order valence-electron chi connectivity index (χ3n) is 4.37. The Morgan fingerprint density at radius 3 is 2.68 bits per heavy atom. The highest BCUT2D eigenvalue weighted by atomic mass is 16.3. The molecule has 1 amide bonds. The van der Waals surface area contributed by atoms with Crippen LogP contribution in [0.3, 0.4) is 0 Å². The predicted molar refractivity (Wildman–Crippen MR) is 73.0 cm³/mol. The van der Waals surface area contributed by atoms with Crippen molar-refractivity contribution in [3.8, 4) is 5.75 Å². The second kappa shape index (κ2) is 4.85. The Labute approximate surface area is 113 Å². The van der Waals surface area contributed by atoms with Crippen LogP contribution in [-0.2, 0) is 11.2 Å². The molecular weight excluding hydrogens is 240 g/mol. The quantitative estimate of drug-likeness (QED) is 0.833. The summed E-state index contributed by atoms with van der Waals surface area (Å²) in [5.41, 5.74) is 2.63. The van der Waals surface area contributed by atoms with Crippen LogP contribution in [0.4, 0.5) is 0 Å². The standard InChI is InChI=1S/C15H20N2O2/c1-11(18)16-6-8-17(9-7-16)15-5-2-12-10-13(19)3-4-14(12)15/h3-4,10,15,19H,2,5-9H2,1H3. The number of nitrogens with zero attached hydrogens (tertiary/aromatic N) is 2. The van der Waals surface area contributed by atoms with Crippen molar-refractivity contribution >= 4 is 5.91 Å². The minimum atomic E-state index is 0.177. The molecule has 1 fully saturated rings. The molecule has 0 radical (unpaired) electrons. The summed E-state index contributed by atoms with van der Waals surface area (Å²) in [5, 5.41) is 9.53. The van der Waals surface area contributed by atoms with Crippen LogP contribution in [0.25, 0.3) is 0 Å². The lowest BCUT2D eigenvalue weighted by Gasteiger charge is -2.38. The molecule has 1 N–H and O–H groups in total. The largest absolute Gasteiger partial charge is 0.508 e. The average Bonchev–Trinajstić information content (AvgIpc) is 2.81. The third-order valence-corrected chi connectivity index (χ3v) is 4.37. The molecule has 1 unspecified atom stereocenters. The summed E-state index contributed by atoms with van der Waals surface area (Å²) in [7, 11) is 0. The van der Waals surface area contributed by atoms with Gasteiger partial charge in [0.25, 0.3) is 0 Å². The predicted octanol–water partition coefficient (Wildman–Crippen LogP) is 1.54. The molecule has 102 valence electrons. The molecule has 0 spiro atoms. The molecule has 1 heterocycles. The highest BCUT2D eigenvalue weighted by Crippen LogP contribution is 2.37. The Hall–Kier alpha value is -1.55. The van der Waals surface area contributed by atoms with Gasteiger partial charge in [0.2, 0.25) is 5.91 Å². The van der Waals surface area contributed by atoms with Crippen LogP contribution in [0.15, 0.2) is 18.2 Å². The van der Waals surface area contributed by atoms with E-state index in [4.69, 9.17) is 0 Å². The molecule has 4 nitrogen and oxygen atoms in total. The van der Waals surface area contributed by atoms with E-state index in [1.165, 1.54) is 11.1 Å². The van der Waals surface area contributed by atoms with Gasteiger partial charge in [-0.2, -0.15) is 0 Å². The van der Waals surface area contributed by atoms with Gasteiger partial charge in [0, 0.05) is 39.1 Å². The molecule has 0 saturated carbocycles. The summed E-state index contributed by atoms with van der Waals surface area (Å²) in [6.07, 6.45) is 2.17. The van der Waals surface area contributed by atoms with Gasteiger partial charge in [0.15, 0.2) is 0 Å². The number of aromatic hydroxyl groups is 1. The van der Waals surface area contributed by atoms with E-state index >= 15 is 0 Å². The first kappa shape index (κ1) is 12.5. The number of hydrogen-bond donors (Lipinski definition) is 1. The van der Waals surface area contributed by atoms with Gasteiger partial charge in [-0.3, -0.25) is 9.69 Å². The highest BCUT2D eigenvalue weighted by Gasteiger charge is 2.30. The number of aryl methyl sites for hydroxylation is 1. The molecule has 1 atom stereocenters. The zero-order valence-electron chi connectivity index (χ0n) is 11.3. The number of carbonyl (C=O) groups is 1. The fraction of sp³-hybridized carbons (Fsp3) is 0.533. The third kappa shape index (κ3) is 2.32. The van der Waals surface area contributed by atoms with Gasteiger partial charge >= 0.3 is 0 Å². The Balaban J connectivity index is 1.71. The Morgan fingerprint density at radius 2 is 2.00 bits per heavy atom. The Morgan fingerprint density at radius 1 is 1.26 bits per heavy atom. The zero-order chi connectivity index (χ0) is 13.4. The number of benzene rings is 1. The van der Waals surface area contributed by atoms with Crippen LogP contribution in [0.1, 0.15) is 30.5 Å². The van der Waals surface area contributed by atoms with Crippen LogP contribution in [-0.4, -0.2) is 47.0 Å². The summed E-state index contributed by atoms with van der Waals surface area (Å²) in [5.74, 6) is 0.539. The molecule has 1 aromatic carbocycles. The van der Waals surface area contributed by atoms with Crippen molar-refractivity contribution < 1.29 is 9.90 Å². The normalized spacial score (nSPS) is 23.4. The van der Waals surface area contributed by atoms with E-state index in [-0.39, 0.29) is 5.91 Å². The second-order valence-electron chi connectivity index (χ2n) is 5.48. The van der Waals surface area contributed by atoms with Crippen LogP contribution in [0, 0.1) is 0 Å². The highest BCUT2D eigenvalue weighted by molar-refractivity contribution is 5.73. The molecule has 2 aliphatic rings. The van der Waals surface area contributed by atoms with E-state index in [9.17, 15) is 9.90 Å². The zero-order valence-corrected chi connectivity index (χ0v) is 11.3. The van der Waals surface area contributed by atoms with Gasteiger partial charge in [-0.05, 0) is 36.1 Å². The van der Waals surface area contributed by atoms with Crippen LogP contribution >= 0.6 is 0 Å². The molecule has 0 aromatic heterocycles. The first-order valence-electron chi connectivity index (χ1n) is 6.96. The lowest BCUT2D eigenvalue weighted by Crippen LogP contribution is -2.48. The van der Waals surface area contributed by atoms with E-state index < -0.39 is 0 Å². The van der Waals surface area contributed by atoms with Gasteiger partial charge in [0.05, 0.1) is 0 Å². The van der Waals surface area contributed by atoms with Crippen molar-refractivity contribution in [3.05, 3.63) is 29.3 Å². The molecule has 1 aromatic rings. The molecule has 4 heteroatoms. The van der Waals surface area contributed by atoms with Crippen LogP contribution in [0.5, 0.6) is 5.75 Å². The van der Waals surface area contributed by atoms with Gasteiger partial charge < -0.3 is 10.0 Å². The van der Waals surface area contributed by atoms with Crippen molar-refractivity contribution in [2.45, 2.75) is 25.8 Å². The summed E-state index contributed by atoms with van der Waals surface area (Å²) < 4.78 is 0. The van der Waals surface area contributed by atoms with Crippen molar-refractivity contribution in [1.82, 2.24) is 9.80 Å². The summed E-state index contributed by atoms with van der Waals surface area (Å²) in [6, 6.07) is 6.19. The number of phenols is 1. The molecule has 19 heavy (non-hydrogen) atoms. The maximum atomic E-state index is 11.3. The van der Waals surface area contributed by atoms with Crippen molar-refractivity contribution in [2.24, 2.45) is 0 Å². The van der Waals surface area contributed by atoms with Gasteiger partial charge in [0.1, 0.15) is 5.75 Å². The monoisotopic (exact) mass is 260 g/mol. The van der Waals surface area contributed by atoms with Gasteiger partial charge in [-0.1, -0.05) is 6.07 Å². The molecule has 1 aliphatic carbocycles. The van der Waals surface area contributed by atoms with Crippen molar-refractivity contribution in [3.63, 3.8) is 0 Å². The molecule has 1 saturated heterocycles. The summed E-state index contributed by atoms with van der Waals surface area (Å²) in [6.45, 7) is 5.21. The number of piperazine rings is 1. The first-order chi connectivity index (χ1) is 9.15. The molecule has 3 rings (SSSR count). The van der Waals surface area contributed by atoms with Gasteiger partial charge in [-0.15, -0.1) is 0 Å². The number of amides is 1. The number of rotatable bonds is 1.